The summed E-state index contributed by atoms with van der Waals surface area (Å²) in [4.78, 5) is 10.9. The first-order valence-electron chi connectivity index (χ1n) is 4.48. The Bertz CT molecular complexity index is 342. The number of carbonyl (C=O) groups is 1. The van der Waals surface area contributed by atoms with Crippen molar-refractivity contribution in [3.63, 3.8) is 0 Å². The van der Waals surface area contributed by atoms with Gasteiger partial charge in [-0.15, -0.1) is 0 Å². The smallest absolute Gasteiger partial charge is 0.322 e. The van der Waals surface area contributed by atoms with Gasteiger partial charge in [-0.3, -0.25) is 9.36 Å². The van der Waals surface area contributed by atoms with E-state index >= 15 is 0 Å². The average Bonchev–Trinajstić information content (AvgIpc) is 2.26. The summed E-state index contributed by atoms with van der Waals surface area (Å²) in [5.74, 6) is -0.968. The molecule has 0 saturated carbocycles. The number of carboxylic acids is 1. The van der Waals surface area contributed by atoms with Crippen molar-refractivity contribution in [3.8, 4) is 0 Å². The van der Waals surface area contributed by atoms with Crippen LogP contribution in [0.15, 0.2) is 30.3 Å². The molecule has 0 heterocycles. The molecule has 0 aromatic heterocycles. The van der Waals surface area contributed by atoms with Crippen LogP contribution in [0.5, 0.6) is 0 Å². The molecule has 0 amide bonds. The van der Waals surface area contributed by atoms with Crippen molar-refractivity contribution in [3.05, 3.63) is 35.9 Å². The summed E-state index contributed by atoms with van der Waals surface area (Å²) in [6.45, 7) is 0. The summed E-state index contributed by atoms with van der Waals surface area (Å²) >= 11 is 0. The van der Waals surface area contributed by atoms with E-state index in [4.69, 9.17) is 5.11 Å². The second kappa shape index (κ2) is 5.59. The lowest BCUT2D eigenvalue weighted by Gasteiger charge is -2.17. The summed E-state index contributed by atoms with van der Waals surface area (Å²) in [5, 5.41) is 8.95. The van der Waals surface area contributed by atoms with E-state index in [-0.39, 0.29) is 8.61 Å². The van der Waals surface area contributed by atoms with E-state index in [9.17, 15) is 9.36 Å². The van der Waals surface area contributed by atoms with Crippen molar-refractivity contribution in [1.82, 2.24) is 4.67 Å². The minimum Gasteiger partial charge on any atom is -0.480 e. The summed E-state index contributed by atoms with van der Waals surface area (Å²) < 4.78 is 11.9. The normalized spacial score (nSPS) is 12.9. The first-order valence-corrected chi connectivity index (χ1v) is 5.24. The van der Waals surface area contributed by atoms with Gasteiger partial charge >= 0.3 is 5.97 Å². The molecule has 0 bridgehead atoms. The summed E-state index contributed by atoms with van der Waals surface area (Å²) in [6.07, 6.45) is 0.349. The van der Waals surface area contributed by atoms with Crippen LogP contribution in [0.3, 0.4) is 0 Å². The van der Waals surface area contributed by atoms with E-state index < -0.39 is 12.0 Å². The highest BCUT2D eigenvalue weighted by Crippen LogP contribution is 2.13. The van der Waals surface area contributed by atoms with Gasteiger partial charge in [0.25, 0.3) is 0 Å². The summed E-state index contributed by atoms with van der Waals surface area (Å²) in [6, 6.07) is 8.52. The standard InChI is InChI=1S/C10H12NO3P/c1-11(15-14)9(10(12)13)7-8-5-3-2-4-6-8/h2-6,9H,7H2,1H3,(H,12,13). The van der Waals surface area contributed by atoms with Crippen molar-refractivity contribution < 1.29 is 14.5 Å². The van der Waals surface area contributed by atoms with Gasteiger partial charge in [0.1, 0.15) is 6.04 Å². The zero-order valence-corrected chi connectivity index (χ0v) is 9.22. The van der Waals surface area contributed by atoms with E-state index in [1.165, 1.54) is 11.7 Å². The Kier molecular flexibility index (Phi) is 4.40. The van der Waals surface area contributed by atoms with Crippen molar-refractivity contribution in [1.29, 1.82) is 0 Å². The molecule has 0 aliphatic carbocycles. The van der Waals surface area contributed by atoms with Gasteiger partial charge in [0.2, 0.25) is 8.61 Å². The number of hydrogen-bond donors (Lipinski definition) is 1. The SMILES string of the molecule is CN(P=O)C(Cc1ccccc1)C(=O)O. The number of benzene rings is 1. The highest BCUT2D eigenvalue weighted by molar-refractivity contribution is 7.20. The predicted octanol–water partition coefficient (Wildman–Crippen LogP) is 1.82. The Morgan fingerprint density at radius 3 is 2.53 bits per heavy atom. The zero-order valence-electron chi connectivity index (χ0n) is 8.33. The molecule has 1 aromatic rings. The van der Waals surface area contributed by atoms with Crippen molar-refractivity contribution in [2.24, 2.45) is 0 Å². The van der Waals surface area contributed by atoms with Crippen LogP contribution in [-0.4, -0.2) is 28.8 Å². The molecule has 0 saturated heterocycles. The van der Waals surface area contributed by atoms with Gasteiger partial charge in [-0.1, -0.05) is 30.3 Å². The number of nitrogens with zero attached hydrogens (tertiary/aromatic N) is 1. The third-order valence-electron chi connectivity index (χ3n) is 2.14. The van der Waals surface area contributed by atoms with Crippen molar-refractivity contribution in [2.45, 2.75) is 12.5 Å². The molecule has 80 valence electrons. The fraction of sp³-hybridized carbons (Fsp3) is 0.300. The first-order chi connectivity index (χ1) is 7.15. The molecule has 1 rings (SSSR count). The molecular weight excluding hydrogens is 213 g/mol. The van der Waals surface area contributed by atoms with Gasteiger partial charge in [0, 0.05) is 0 Å². The molecule has 0 aliphatic rings. The van der Waals surface area contributed by atoms with Crippen molar-refractivity contribution >= 4 is 14.6 Å². The Hall–Kier alpha value is -1.25. The molecule has 4 nitrogen and oxygen atoms in total. The number of carboxylic acid groups (broad SMARTS) is 1. The first kappa shape index (κ1) is 11.8. The topological polar surface area (TPSA) is 57.6 Å². The molecule has 0 fully saturated rings. The number of likely N-dealkylation sites (N-methyl/N-ethyl adjacent to an activating group) is 1. The van der Waals surface area contributed by atoms with E-state index in [2.05, 4.69) is 0 Å². The molecule has 0 radical (unpaired) electrons. The summed E-state index contributed by atoms with van der Waals surface area (Å²) in [5.41, 5.74) is 0.917. The lowest BCUT2D eigenvalue weighted by atomic mass is 10.1. The lowest BCUT2D eigenvalue weighted by molar-refractivity contribution is -0.141. The van der Waals surface area contributed by atoms with E-state index in [0.717, 1.165) is 5.56 Å². The Labute approximate surface area is 89.8 Å². The number of aliphatic carboxylic acids is 1. The summed E-state index contributed by atoms with van der Waals surface area (Å²) in [7, 11) is 1.23. The molecule has 15 heavy (non-hydrogen) atoms. The van der Waals surface area contributed by atoms with Crippen LogP contribution >= 0.6 is 8.61 Å². The number of hydrogen-bond acceptors (Lipinski definition) is 2. The quantitative estimate of drug-likeness (QED) is 0.776. The van der Waals surface area contributed by atoms with Crippen LogP contribution in [-0.2, 0) is 15.8 Å². The largest absolute Gasteiger partial charge is 0.480 e. The fourth-order valence-electron chi connectivity index (χ4n) is 1.27. The maximum absolute atomic E-state index is 10.9. The van der Waals surface area contributed by atoms with Crippen LogP contribution < -0.4 is 0 Å². The second-order valence-corrected chi connectivity index (χ2v) is 3.99. The van der Waals surface area contributed by atoms with Crippen LogP contribution in [0.4, 0.5) is 0 Å². The van der Waals surface area contributed by atoms with Gasteiger partial charge in [-0.2, -0.15) is 0 Å². The Morgan fingerprint density at radius 2 is 2.07 bits per heavy atom. The molecule has 0 spiro atoms. The maximum atomic E-state index is 10.9. The Balaban J connectivity index is 2.76. The third-order valence-corrected chi connectivity index (χ3v) is 2.67. The van der Waals surface area contributed by atoms with Crippen molar-refractivity contribution in [2.75, 3.05) is 7.05 Å². The van der Waals surface area contributed by atoms with E-state index in [0.29, 0.717) is 6.42 Å². The molecule has 1 N–H and O–H groups in total. The third kappa shape index (κ3) is 3.42. The second-order valence-electron chi connectivity index (χ2n) is 3.20. The van der Waals surface area contributed by atoms with Gasteiger partial charge < -0.3 is 5.11 Å². The van der Waals surface area contributed by atoms with Crippen LogP contribution in [0.25, 0.3) is 0 Å². The van der Waals surface area contributed by atoms with Crippen LogP contribution in [0, 0.1) is 0 Å². The van der Waals surface area contributed by atoms with Gasteiger partial charge in [-0.25, -0.2) is 4.67 Å². The maximum Gasteiger partial charge on any atom is 0.322 e. The average molecular weight is 225 g/mol. The van der Waals surface area contributed by atoms with Crippen LogP contribution in [0.1, 0.15) is 5.56 Å². The number of rotatable bonds is 5. The predicted molar refractivity (Wildman–Crippen MR) is 56.9 cm³/mol. The minimum absolute atomic E-state index is 0.279. The molecule has 0 aliphatic heterocycles. The van der Waals surface area contributed by atoms with E-state index in [1.807, 2.05) is 30.3 Å². The highest BCUT2D eigenvalue weighted by atomic mass is 31.1. The molecule has 5 heteroatoms. The van der Waals surface area contributed by atoms with E-state index in [1.54, 1.807) is 0 Å². The molecular formula is C10H12NO3P. The fourth-order valence-corrected chi connectivity index (χ4v) is 1.57. The van der Waals surface area contributed by atoms with Gasteiger partial charge in [0.15, 0.2) is 0 Å². The Morgan fingerprint density at radius 1 is 1.47 bits per heavy atom. The zero-order chi connectivity index (χ0) is 11.3. The molecule has 1 unspecified atom stereocenters. The molecule has 1 aromatic carbocycles. The lowest BCUT2D eigenvalue weighted by Crippen LogP contribution is -2.34. The highest BCUT2D eigenvalue weighted by Gasteiger charge is 2.22. The van der Waals surface area contributed by atoms with Crippen LogP contribution in [0.2, 0.25) is 0 Å². The molecule has 1 atom stereocenters. The minimum atomic E-state index is -0.968. The van der Waals surface area contributed by atoms with Gasteiger partial charge in [0.05, 0.1) is 0 Å². The van der Waals surface area contributed by atoms with Gasteiger partial charge in [-0.05, 0) is 19.0 Å². The monoisotopic (exact) mass is 225 g/mol.